The van der Waals surface area contributed by atoms with Gasteiger partial charge >= 0.3 is 0 Å². The van der Waals surface area contributed by atoms with Crippen molar-refractivity contribution in [3.8, 4) is 10.6 Å². The fourth-order valence-electron chi connectivity index (χ4n) is 3.42. The Morgan fingerprint density at radius 1 is 1.25 bits per heavy atom. The Balaban J connectivity index is 1.55. The summed E-state index contributed by atoms with van der Waals surface area (Å²) in [5, 5.41) is 6.68. The standard InChI is InChI=1S/C22H32N4OS/c1-4-23-22(26-14-11-20(12-15-26)27-5-2)24-13-10-19-16-28-21(25-19)18-8-6-17(3)7-9-18/h6-9,16,20H,4-5,10-15H2,1-3H3,(H,23,24). The number of thiazole rings is 1. The Morgan fingerprint density at radius 3 is 2.68 bits per heavy atom. The average molecular weight is 401 g/mol. The van der Waals surface area contributed by atoms with Crippen molar-refractivity contribution in [2.24, 2.45) is 4.99 Å². The maximum atomic E-state index is 5.76. The van der Waals surface area contributed by atoms with Crippen LogP contribution in [0.1, 0.15) is 37.9 Å². The van der Waals surface area contributed by atoms with Crippen LogP contribution < -0.4 is 5.32 Å². The Hall–Kier alpha value is -1.92. The van der Waals surface area contributed by atoms with E-state index in [1.807, 2.05) is 0 Å². The summed E-state index contributed by atoms with van der Waals surface area (Å²) in [7, 11) is 0. The fourth-order valence-corrected chi connectivity index (χ4v) is 4.28. The Labute approximate surface area is 172 Å². The highest BCUT2D eigenvalue weighted by Crippen LogP contribution is 2.24. The van der Waals surface area contributed by atoms with Crippen LogP contribution in [0.2, 0.25) is 0 Å². The molecule has 1 aliphatic heterocycles. The van der Waals surface area contributed by atoms with Crippen molar-refractivity contribution < 1.29 is 4.74 Å². The molecule has 5 nitrogen and oxygen atoms in total. The highest BCUT2D eigenvalue weighted by molar-refractivity contribution is 7.13. The van der Waals surface area contributed by atoms with E-state index in [4.69, 9.17) is 14.7 Å². The number of nitrogens with one attached hydrogen (secondary N) is 1. The number of nitrogens with zero attached hydrogens (tertiary/aromatic N) is 3. The van der Waals surface area contributed by atoms with Crippen molar-refractivity contribution in [2.75, 3.05) is 32.8 Å². The van der Waals surface area contributed by atoms with Gasteiger partial charge in [-0.3, -0.25) is 4.99 Å². The maximum absolute atomic E-state index is 5.76. The van der Waals surface area contributed by atoms with Gasteiger partial charge in [0.25, 0.3) is 0 Å². The molecule has 2 aromatic rings. The lowest BCUT2D eigenvalue weighted by molar-refractivity contribution is 0.0264. The molecule has 28 heavy (non-hydrogen) atoms. The number of likely N-dealkylation sites (tertiary alicyclic amines) is 1. The molecular weight excluding hydrogens is 368 g/mol. The number of aromatic nitrogens is 1. The topological polar surface area (TPSA) is 49.8 Å². The molecule has 1 saturated heterocycles. The summed E-state index contributed by atoms with van der Waals surface area (Å²) in [5.41, 5.74) is 3.59. The highest BCUT2D eigenvalue weighted by atomic mass is 32.1. The number of aryl methyl sites for hydroxylation is 1. The summed E-state index contributed by atoms with van der Waals surface area (Å²) in [6, 6.07) is 8.56. The van der Waals surface area contributed by atoms with Crippen LogP contribution in [-0.2, 0) is 11.2 Å². The number of aliphatic imine (C=N–C) groups is 1. The van der Waals surface area contributed by atoms with Gasteiger partial charge in [-0.15, -0.1) is 11.3 Å². The maximum Gasteiger partial charge on any atom is 0.193 e. The zero-order chi connectivity index (χ0) is 19.8. The summed E-state index contributed by atoms with van der Waals surface area (Å²) in [6.45, 7) is 10.8. The van der Waals surface area contributed by atoms with Crippen LogP contribution in [0.5, 0.6) is 0 Å². The molecule has 0 bridgehead atoms. The summed E-state index contributed by atoms with van der Waals surface area (Å²) < 4.78 is 5.76. The first-order valence-electron chi connectivity index (χ1n) is 10.4. The quantitative estimate of drug-likeness (QED) is 0.561. The van der Waals surface area contributed by atoms with Gasteiger partial charge < -0.3 is 15.0 Å². The van der Waals surface area contributed by atoms with Gasteiger partial charge in [-0.2, -0.15) is 0 Å². The number of hydrogen-bond acceptors (Lipinski definition) is 4. The largest absolute Gasteiger partial charge is 0.378 e. The Bertz CT molecular complexity index is 748. The van der Waals surface area contributed by atoms with E-state index in [1.165, 1.54) is 11.1 Å². The van der Waals surface area contributed by atoms with E-state index in [0.29, 0.717) is 6.10 Å². The van der Waals surface area contributed by atoms with Gasteiger partial charge in [0.05, 0.1) is 11.8 Å². The summed E-state index contributed by atoms with van der Waals surface area (Å²) in [4.78, 5) is 12.0. The lowest BCUT2D eigenvalue weighted by Gasteiger charge is -2.34. The lowest BCUT2D eigenvalue weighted by atomic mass is 10.1. The predicted molar refractivity (Wildman–Crippen MR) is 118 cm³/mol. The number of guanidine groups is 1. The molecule has 1 aliphatic rings. The van der Waals surface area contributed by atoms with E-state index in [1.54, 1.807) is 11.3 Å². The van der Waals surface area contributed by atoms with Crippen molar-refractivity contribution >= 4 is 17.3 Å². The second kappa shape index (κ2) is 10.6. The number of piperidine rings is 1. The molecule has 0 atom stereocenters. The van der Waals surface area contributed by atoms with Crippen molar-refractivity contribution in [2.45, 2.75) is 46.1 Å². The summed E-state index contributed by atoms with van der Waals surface area (Å²) in [5.74, 6) is 1.02. The van der Waals surface area contributed by atoms with Crippen molar-refractivity contribution in [3.05, 3.63) is 40.9 Å². The predicted octanol–water partition coefficient (Wildman–Crippen LogP) is 4.13. The minimum Gasteiger partial charge on any atom is -0.378 e. The van der Waals surface area contributed by atoms with E-state index in [-0.39, 0.29) is 0 Å². The highest BCUT2D eigenvalue weighted by Gasteiger charge is 2.21. The monoisotopic (exact) mass is 400 g/mol. The smallest absolute Gasteiger partial charge is 0.193 e. The molecular formula is C22H32N4OS. The first-order chi connectivity index (χ1) is 13.7. The molecule has 152 valence electrons. The van der Waals surface area contributed by atoms with Crippen molar-refractivity contribution in [1.82, 2.24) is 15.2 Å². The molecule has 6 heteroatoms. The Kier molecular flexibility index (Phi) is 7.86. The Morgan fingerprint density at radius 2 is 2.00 bits per heavy atom. The minimum absolute atomic E-state index is 0.402. The van der Waals surface area contributed by atoms with Crippen LogP contribution >= 0.6 is 11.3 Å². The molecule has 0 radical (unpaired) electrons. The molecule has 1 aromatic heterocycles. The molecule has 1 aromatic carbocycles. The van der Waals surface area contributed by atoms with E-state index in [9.17, 15) is 0 Å². The van der Waals surface area contributed by atoms with Crippen LogP contribution in [0, 0.1) is 6.92 Å². The average Bonchev–Trinajstić information content (AvgIpc) is 3.18. The first-order valence-corrected chi connectivity index (χ1v) is 11.2. The van der Waals surface area contributed by atoms with E-state index in [2.05, 4.69) is 60.6 Å². The molecule has 1 N–H and O–H groups in total. The van der Waals surface area contributed by atoms with Gasteiger partial charge in [0, 0.05) is 50.2 Å². The van der Waals surface area contributed by atoms with Crippen LogP contribution in [-0.4, -0.2) is 54.7 Å². The third-order valence-electron chi connectivity index (χ3n) is 4.96. The number of rotatable bonds is 7. The summed E-state index contributed by atoms with van der Waals surface area (Å²) in [6.07, 6.45) is 3.42. The van der Waals surface area contributed by atoms with Crippen LogP contribution in [0.4, 0.5) is 0 Å². The van der Waals surface area contributed by atoms with Crippen LogP contribution in [0.25, 0.3) is 10.6 Å². The van der Waals surface area contributed by atoms with Gasteiger partial charge in [-0.05, 0) is 33.6 Å². The third kappa shape index (κ3) is 5.79. The molecule has 0 unspecified atom stereocenters. The second-order valence-corrected chi connectivity index (χ2v) is 8.00. The van der Waals surface area contributed by atoms with E-state index >= 15 is 0 Å². The van der Waals surface area contributed by atoms with Gasteiger partial charge in [0.1, 0.15) is 5.01 Å². The molecule has 2 heterocycles. The number of ether oxygens (including phenoxy) is 1. The van der Waals surface area contributed by atoms with Crippen molar-refractivity contribution in [1.29, 1.82) is 0 Å². The zero-order valence-electron chi connectivity index (χ0n) is 17.3. The first kappa shape index (κ1) is 20.8. The number of benzene rings is 1. The van der Waals surface area contributed by atoms with E-state index in [0.717, 1.165) is 68.7 Å². The minimum atomic E-state index is 0.402. The molecule has 1 fully saturated rings. The van der Waals surface area contributed by atoms with Gasteiger partial charge in [0.15, 0.2) is 5.96 Å². The van der Waals surface area contributed by atoms with Crippen LogP contribution in [0.15, 0.2) is 34.6 Å². The van der Waals surface area contributed by atoms with Crippen molar-refractivity contribution in [3.63, 3.8) is 0 Å². The molecule has 0 spiro atoms. The molecule has 0 aliphatic carbocycles. The lowest BCUT2D eigenvalue weighted by Crippen LogP contribution is -2.47. The normalized spacial score (nSPS) is 15.8. The third-order valence-corrected chi connectivity index (χ3v) is 5.90. The SMILES string of the molecule is CCNC(=NCCc1csc(-c2ccc(C)cc2)n1)N1CCC(OCC)CC1. The van der Waals surface area contributed by atoms with Gasteiger partial charge in [-0.25, -0.2) is 4.98 Å². The summed E-state index contributed by atoms with van der Waals surface area (Å²) >= 11 is 1.71. The molecule has 0 saturated carbocycles. The van der Waals surface area contributed by atoms with E-state index < -0.39 is 0 Å². The second-order valence-electron chi connectivity index (χ2n) is 7.14. The number of hydrogen-bond donors (Lipinski definition) is 1. The molecule has 3 rings (SSSR count). The van der Waals surface area contributed by atoms with Gasteiger partial charge in [0.2, 0.25) is 0 Å². The van der Waals surface area contributed by atoms with Crippen LogP contribution in [0.3, 0.4) is 0 Å². The van der Waals surface area contributed by atoms with Gasteiger partial charge in [-0.1, -0.05) is 29.8 Å². The zero-order valence-corrected chi connectivity index (χ0v) is 18.1. The molecule has 0 amide bonds. The fraction of sp³-hybridized carbons (Fsp3) is 0.545.